The number of carbonyl (C=O) groups excluding carboxylic acids is 2. The molecule has 4 nitrogen and oxygen atoms in total. The van der Waals surface area contributed by atoms with Gasteiger partial charge >= 0.3 is 0 Å². The van der Waals surface area contributed by atoms with Gasteiger partial charge < -0.3 is 9.80 Å². The van der Waals surface area contributed by atoms with Gasteiger partial charge in [0.1, 0.15) is 5.37 Å². The Bertz CT molecular complexity index is 832. The molecule has 6 heteroatoms. The molecule has 0 radical (unpaired) electrons. The summed E-state index contributed by atoms with van der Waals surface area (Å²) < 4.78 is 0. The Labute approximate surface area is 168 Å². The van der Waals surface area contributed by atoms with Crippen LogP contribution in [-0.4, -0.2) is 40.5 Å². The maximum atomic E-state index is 12.5. The molecule has 0 aromatic heterocycles. The maximum Gasteiger partial charge on any atom is 0.253 e. The lowest BCUT2D eigenvalue weighted by Crippen LogP contribution is -2.28. The summed E-state index contributed by atoms with van der Waals surface area (Å²) in [6, 6.07) is 15.3. The number of rotatable bonds is 4. The Hall–Kier alpha value is -1.98. The van der Waals surface area contributed by atoms with Crippen LogP contribution < -0.4 is 0 Å². The molecule has 2 aliphatic rings. The summed E-state index contributed by atoms with van der Waals surface area (Å²) in [5.74, 6) is 0.719. The van der Waals surface area contributed by atoms with Crippen molar-refractivity contribution in [1.29, 1.82) is 0 Å². The van der Waals surface area contributed by atoms with Gasteiger partial charge in [-0.3, -0.25) is 9.59 Å². The lowest BCUT2D eigenvalue weighted by molar-refractivity contribution is -0.128. The molecule has 0 N–H and O–H groups in total. The van der Waals surface area contributed by atoms with Gasteiger partial charge in [-0.05, 0) is 48.2 Å². The van der Waals surface area contributed by atoms with Gasteiger partial charge in [-0.1, -0.05) is 35.9 Å². The molecule has 1 atom stereocenters. The summed E-state index contributed by atoms with van der Waals surface area (Å²) in [4.78, 5) is 28.7. The molecule has 140 valence electrons. The van der Waals surface area contributed by atoms with E-state index in [0.29, 0.717) is 17.3 Å². The molecule has 2 aromatic rings. The van der Waals surface area contributed by atoms with Crippen molar-refractivity contribution in [2.24, 2.45) is 0 Å². The SMILES string of the molecule is O=C(c1ccc([C@H]2SCC(=O)N2Cc2ccc(Cl)cc2)cc1)N1CCCC1. The first-order valence-electron chi connectivity index (χ1n) is 9.16. The van der Waals surface area contributed by atoms with Crippen molar-refractivity contribution >= 4 is 35.2 Å². The molecule has 27 heavy (non-hydrogen) atoms. The zero-order valence-electron chi connectivity index (χ0n) is 14.9. The fourth-order valence-corrected chi connectivity index (χ4v) is 4.89. The van der Waals surface area contributed by atoms with E-state index >= 15 is 0 Å². The third kappa shape index (κ3) is 3.99. The van der Waals surface area contributed by atoms with Crippen molar-refractivity contribution in [2.75, 3.05) is 18.8 Å². The minimum Gasteiger partial charge on any atom is -0.339 e. The molecular formula is C21H21ClN2O2S. The van der Waals surface area contributed by atoms with Gasteiger partial charge in [0.25, 0.3) is 5.91 Å². The van der Waals surface area contributed by atoms with E-state index in [1.807, 2.05) is 58.3 Å². The average Bonchev–Trinajstić information content (AvgIpc) is 3.34. The maximum absolute atomic E-state index is 12.5. The van der Waals surface area contributed by atoms with Gasteiger partial charge in [0.15, 0.2) is 0 Å². The zero-order valence-corrected chi connectivity index (χ0v) is 16.5. The number of amides is 2. The van der Waals surface area contributed by atoms with Crippen LogP contribution in [0, 0.1) is 0 Å². The number of thioether (sulfide) groups is 1. The van der Waals surface area contributed by atoms with Crippen LogP contribution in [0.1, 0.15) is 39.7 Å². The molecule has 2 saturated heterocycles. The first kappa shape index (κ1) is 18.4. The highest BCUT2D eigenvalue weighted by Crippen LogP contribution is 2.39. The Morgan fingerprint density at radius 3 is 2.37 bits per heavy atom. The molecule has 0 spiro atoms. The third-order valence-electron chi connectivity index (χ3n) is 5.07. The molecule has 2 aliphatic heterocycles. The molecule has 0 unspecified atom stereocenters. The van der Waals surface area contributed by atoms with Crippen LogP contribution in [0.25, 0.3) is 0 Å². The lowest BCUT2D eigenvalue weighted by Gasteiger charge is -2.24. The molecule has 2 fully saturated rings. The van der Waals surface area contributed by atoms with Crippen LogP contribution in [0.5, 0.6) is 0 Å². The number of hydrogen-bond donors (Lipinski definition) is 0. The van der Waals surface area contributed by atoms with E-state index in [-0.39, 0.29) is 17.2 Å². The average molecular weight is 401 g/mol. The van der Waals surface area contributed by atoms with Crippen LogP contribution >= 0.6 is 23.4 Å². The van der Waals surface area contributed by atoms with Crippen LogP contribution in [0.2, 0.25) is 5.02 Å². The largest absolute Gasteiger partial charge is 0.339 e. The molecule has 2 heterocycles. The van der Waals surface area contributed by atoms with Gasteiger partial charge in [-0.15, -0.1) is 11.8 Å². The summed E-state index contributed by atoms with van der Waals surface area (Å²) in [5, 5.41) is 0.666. The van der Waals surface area contributed by atoms with Crippen LogP contribution in [0.3, 0.4) is 0 Å². The summed E-state index contributed by atoms with van der Waals surface area (Å²) in [5.41, 5.74) is 2.83. The quantitative estimate of drug-likeness (QED) is 0.766. The summed E-state index contributed by atoms with van der Waals surface area (Å²) in [6.45, 7) is 2.26. The molecule has 0 bridgehead atoms. The second kappa shape index (κ2) is 7.95. The van der Waals surface area contributed by atoms with E-state index in [2.05, 4.69) is 0 Å². The van der Waals surface area contributed by atoms with E-state index in [1.54, 1.807) is 11.8 Å². The molecule has 4 rings (SSSR count). The van der Waals surface area contributed by atoms with E-state index in [9.17, 15) is 9.59 Å². The predicted octanol–water partition coefficient (Wildman–Crippen LogP) is 4.35. The van der Waals surface area contributed by atoms with Crippen molar-refractivity contribution in [3.05, 3.63) is 70.2 Å². The van der Waals surface area contributed by atoms with Crippen LogP contribution in [0.4, 0.5) is 0 Å². The first-order chi connectivity index (χ1) is 13.1. The van der Waals surface area contributed by atoms with Crippen molar-refractivity contribution in [3.63, 3.8) is 0 Å². The minimum atomic E-state index is -0.0240. The van der Waals surface area contributed by atoms with E-state index in [0.717, 1.165) is 42.6 Å². The van der Waals surface area contributed by atoms with Crippen molar-refractivity contribution in [2.45, 2.75) is 24.8 Å². The summed E-state index contributed by atoms with van der Waals surface area (Å²) >= 11 is 7.58. The molecular weight excluding hydrogens is 380 g/mol. The Morgan fingerprint density at radius 2 is 1.70 bits per heavy atom. The van der Waals surface area contributed by atoms with E-state index in [1.165, 1.54) is 0 Å². The van der Waals surface area contributed by atoms with Crippen LogP contribution in [-0.2, 0) is 11.3 Å². The lowest BCUT2D eigenvalue weighted by atomic mass is 10.1. The summed E-state index contributed by atoms with van der Waals surface area (Å²) in [7, 11) is 0. The van der Waals surface area contributed by atoms with Crippen molar-refractivity contribution in [3.8, 4) is 0 Å². The van der Waals surface area contributed by atoms with Gasteiger partial charge in [-0.2, -0.15) is 0 Å². The fourth-order valence-electron chi connectivity index (χ4n) is 3.58. The van der Waals surface area contributed by atoms with Gasteiger partial charge in [0.2, 0.25) is 5.91 Å². The zero-order chi connectivity index (χ0) is 18.8. The molecule has 0 saturated carbocycles. The van der Waals surface area contributed by atoms with Gasteiger partial charge in [-0.25, -0.2) is 0 Å². The Balaban J connectivity index is 1.50. The fraction of sp³-hybridized carbons (Fsp3) is 0.333. The smallest absolute Gasteiger partial charge is 0.253 e. The number of carbonyl (C=O) groups is 2. The number of likely N-dealkylation sites (tertiary alicyclic amines) is 1. The predicted molar refractivity (Wildman–Crippen MR) is 109 cm³/mol. The topological polar surface area (TPSA) is 40.6 Å². The standard InChI is InChI=1S/C21H21ClN2O2S/c22-18-9-3-15(4-10-18)13-24-19(25)14-27-21(24)17-7-5-16(6-8-17)20(26)23-11-1-2-12-23/h3-10,21H,1-2,11-14H2/t21-/m1/s1. The number of halogens is 1. The molecule has 2 aromatic carbocycles. The van der Waals surface area contributed by atoms with Crippen molar-refractivity contribution in [1.82, 2.24) is 9.80 Å². The summed E-state index contributed by atoms with van der Waals surface area (Å²) in [6.07, 6.45) is 2.18. The van der Waals surface area contributed by atoms with Crippen molar-refractivity contribution < 1.29 is 9.59 Å². The first-order valence-corrected chi connectivity index (χ1v) is 10.6. The number of benzene rings is 2. The number of hydrogen-bond acceptors (Lipinski definition) is 3. The molecule has 2 amide bonds. The highest BCUT2D eigenvalue weighted by molar-refractivity contribution is 8.00. The Kier molecular flexibility index (Phi) is 5.41. The van der Waals surface area contributed by atoms with Crippen LogP contribution in [0.15, 0.2) is 48.5 Å². The highest BCUT2D eigenvalue weighted by atomic mass is 35.5. The third-order valence-corrected chi connectivity index (χ3v) is 6.58. The number of nitrogens with zero attached hydrogens (tertiary/aromatic N) is 2. The normalized spacial score (nSPS) is 19.7. The molecule has 0 aliphatic carbocycles. The van der Waals surface area contributed by atoms with Gasteiger partial charge in [0.05, 0.1) is 5.75 Å². The highest BCUT2D eigenvalue weighted by Gasteiger charge is 2.33. The monoisotopic (exact) mass is 400 g/mol. The second-order valence-electron chi connectivity index (χ2n) is 6.93. The minimum absolute atomic E-state index is 0.0240. The Morgan fingerprint density at radius 1 is 1.04 bits per heavy atom. The van der Waals surface area contributed by atoms with E-state index < -0.39 is 0 Å². The van der Waals surface area contributed by atoms with E-state index in [4.69, 9.17) is 11.6 Å². The second-order valence-corrected chi connectivity index (χ2v) is 8.44. The van der Waals surface area contributed by atoms with Gasteiger partial charge in [0, 0.05) is 30.2 Å².